The second-order valence-electron chi connectivity index (χ2n) is 10.5. The first kappa shape index (κ1) is 31.9. The van der Waals surface area contributed by atoms with Crippen LogP contribution in [0.4, 0.5) is 32.0 Å². The molecule has 1 heterocycles. The number of aromatic nitrogens is 2. The number of nitrogens with one attached hydrogen (secondary N) is 2. The number of amides is 3. The molecular weight excluding hydrogens is 556 g/mol. The highest BCUT2D eigenvalue weighted by atomic mass is 19.3. The van der Waals surface area contributed by atoms with Crippen LogP contribution in [0.2, 0.25) is 0 Å². The van der Waals surface area contributed by atoms with Gasteiger partial charge in [-0.2, -0.15) is 5.10 Å². The molecule has 1 aliphatic rings. The van der Waals surface area contributed by atoms with Gasteiger partial charge >= 0.3 is 0 Å². The molecule has 41 heavy (non-hydrogen) atoms. The normalized spacial score (nSPS) is 17.7. The zero-order chi connectivity index (χ0) is 30.6. The molecule has 2 unspecified atom stereocenters. The summed E-state index contributed by atoms with van der Waals surface area (Å²) in [5, 5.41) is 9.06. The SMILES string of the molecule is CC(C(=O)N(C)C(F)C(F)F)c1ccc(NC(=O)[C@@H](NC(=O)c2ccnn2C(C)C)C2CCC(F)(F)CC2)c(F)c1. The third-order valence-electron chi connectivity index (χ3n) is 7.24. The van der Waals surface area contributed by atoms with Gasteiger partial charge in [-0.1, -0.05) is 6.07 Å². The molecule has 0 bridgehead atoms. The molecule has 0 radical (unpaired) electrons. The average Bonchev–Trinajstić information content (AvgIpc) is 3.42. The van der Waals surface area contributed by atoms with E-state index < -0.39 is 72.9 Å². The lowest BCUT2D eigenvalue weighted by molar-refractivity contribution is -0.143. The number of rotatable bonds is 10. The van der Waals surface area contributed by atoms with E-state index in [9.17, 15) is 36.3 Å². The summed E-state index contributed by atoms with van der Waals surface area (Å²) in [6.07, 6.45) is -5.91. The summed E-state index contributed by atoms with van der Waals surface area (Å²) in [6.45, 7) is 4.88. The van der Waals surface area contributed by atoms with Crippen LogP contribution in [0.3, 0.4) is 0 Å². The van der Waals surface area contributed by atoms with Crippen molar-refractivity contribution in [1.29, 1.82) is 0 Å². The maximum atomic E-state index is 15.0. The Bertz CT molecular complexity index is 1240. The summed E-state index contributed by atoms with van der Waals surface area (Å²) >= 11 is 0. The van der Waals surface area contributed by atoms with Gasteiger partial charge in [-0.15, -0.1) is 0 Å². The first-order valence-electron chi connectivity index (χ1n) is 13.1. The van der Waals surface area contributed by atoms with Crippen LogP contribution in [0.25, 0.3) is 0 Å². The van der Waals surface area contributed by atoms with Crippen LogP contribution in [-0.2, 0) is 9.59 Å². The Morgan fingerprint density at radius 3 is 2.27 bits per heavy atom. The van der Waals surface area contributed by atoms with Crippen molar-refractivity contribution in [2.45, 2.75) is 83.1 Å². The Morgan fingerprint density at radius 1 is 1.07 bits per heavy atom. The van der Waals surface area contributed by atoms with Gasteiger partial charge in [-0.05, 0) is 63.3 Å². The summed E-state index contributed by atoms with van der Waals surface area (Å²) in [4.78, 5) is 39.0. The van der Waals surface area contributed by atoms with E-state index in [4.69, 9.17) is 0 Å². The van der Waals surface area contributed by atoms with Crippen molar-refractivity contribution in [2.75, 3.05) is 12.4 Å². The third kappa shape index (κ3) is 7.59. The molecule has 2 aromatic rings. The molecule has 226 valence electrons. The lowest BCUT2D eigenvalue weighted by atomic mass is 9.81. The second-order valence-corrected chi connectivity index (χ2v) is 10.5. The van der Waals surface area contributed by atoms with E-state index in [1.165, 1.54) is 29.9 Å². The van der Waals surface area contributed by atoms with Gasteiger partial charge in [0.2, 0.25) is 24.0 Å². The smallest absolute Gasteiger partial charge is 0.287 e. The van der Waals surface area contributed by atoms with Gasteiger partial charge in [0.25, 0.3) is 12.3 Å². The van der Waals surface area contributed by atoms with Crippen LogP contribution in [0.5, 0.6) is 0 Å². The quantitative estimate of drug-likeness (QED) is 0.291. The van der Waals surface area contributed by atoms with Gasteiger partial charge in [0.05, 0.1) is 11.6 Å². The van der Waals surface area contributed by atoms with Crippen LogP contribution < -0.4 is 10.6 Å². The summed E-state index contributed by atoms with van der Waals surface area (Å²) in [7, 11) is 0.865. The fraction of sp³-hybridized carbons (Fsp3) is 0.556. The van der Waals surface area contributed by atoms with E-state index in [1.807, 2.05) is 0 Å². The lowest BCUT2D eigenvalue weighted by Gasteiger charge is -2.33. The molecule has 2 N–H and O–H groups in total. The van der Waals surface area contributed by atoms with E-state index in [2.05, 4.69) is 15.7 Å². The predicted octanol–water partition coefficient (Wildman–Crippen LogP) is 5.29. The topological polar surface area (TPSA) is 96.3 Å². The number of benzene rings is 1. The molecule has 0 saturated heterocycles. The maximum Gasteiger partial charge on any atom is 0.287 e. The molecule has 1 aromatic carbocycles. The first-order valence-corrected chi connectivity index (χ1v) is 13.1. The van der Waals surface area contributed by atoms with Crippen molar-refractivity contribution in [3.8, 4) is 0 Å². The first-order chi connectivity index (χ1) is 19.1. The molecule has 1 aliphatic carbocycles. The minimum atomic E-state index is -3.42. The van der Waals surface area contributed by atoms with E-state index in [1.54, 1.807) is 13.8 Å². The van der Waals surface area contributed by atoms with Crippen LogP contribution in [-0.4, -0.2) is 64.1 Å². The van der Waals surface area contributed by atoms with Gasteiger partial charge in [0.1, 0.15) is 17.6 Å². The summed E-state index contributed by atoms with van der Waals surface area (Å²) in [5.41, 5.74) is -0.129. The zero-order valence-corrected chi connectivity index (χ0v) is 23.0. The molecule has 3 atom stereocenters. The fourth-order valence-electron chi connectivity index (χ4n) is 4.77. The molecule has 0 aliphatic heterocycles. The number of nitrogens with zero attached hydrogens (tertiary/aromatic N) is 3. The van der Waals surface area contributed by atoms with E-state index >= 15 is 4.39 Å². The Labute approximate surface area is 233 Å². The van der Waals surface area contributed by atoms with Crippen LogP contribution in [0.15, 0.2) is 30.5 Å². The summed E-state index contributed by atoms with van der Waals surface area (Å²) < 4.78 is 83.0. The van der Waals surface area contributed by atoms with Crippen molar-refractivity contribution in [3.05, 3.63) is 47.5 Å². The number of anilines is 1. The Hall–Kier alpha value is -3.58. The van der Waals surface area contributed by atoms with Crippen LogP contribution in [0.1, 0.15) is 74.5 Å². The molecule has 8 nitrogen and oxygen atoms in total. The Balaban J connectivity index is 1.80. The zero-order valence-electron chi connectivity index (χ0n) is 23.0. The highest BCUT2D eigenvalue weighted by Crippen LogP contribution is 2.38. The highest BCUT2D eigenvalue weighted by molar-refractivity contribution is 6.00. The molecule has 3 rings (SSSR count). The lowest BCUT2D eigenvalue weighted by Crippen LogP contribution is -2.50. The van der Waals surface area contributed by atoms with Gasteiger partial charge in [-0.3, -0.25) is 19.1 Å². The number of hydrogen-bond donors (Lipinski definition) is 2. The van der Waals surface area contributed by atoms with E-state index in [0.717, 1.165) is 19.2 Å². The van der Waals surface area contributed by atoms with E-state index in [-0.39, 0.29) is 40.7 Å². The number of likely N-dealkylation sites (N-methyl/N-ethyl adjacent to an activating group) is 1. The van der Waals surface area contributed by atoms with Gasteiger partial charge in [0, 0.05) is 32.1 Å². The summed E-state index contributed by atoms with van der Waals surface area (Å²) in [6, 6.07) is 3.29. The number of alkyl halides is 5. The minimum Gasteiger partial charge on any atom is -0.339 e. The molecule has 0 spiro atoms. The molecular formula is C27H33F6N5O3. The average molecular weight is 590 g/mol. The van der Waals surface area contributed by atoms with Crippen molar-refractivity contribution >= 4 is 23.4 Å². The Morgan fingerprint density at radius 2 is 1.71 bits per heavy atom. The molecule has 1 saturated carbocycles. The third-order valence-corrected chi connectivity index (χ3v) is 7.24. The van der Waals surface area contributed by atoms with Crippen molar-refractivity contribution < 1.29 is 40.7 Å². The number of hydrogen-bond acceptors (Lipinski definition) is 4. The monoisotopic (exact) mass is 589 g/mol. The molecule has 14 heteroatoms. The highest BCUT2D eigenvalue weighted by Gasteiger charge is 2.41. The Kier molecular flexibility index (Phi) is 10.1. The van der Waals surface area contributed by atoms with Crippen LogP contribution >= 0.6 is 0 Å². The van der Waals surface area contributed by atoms with Crippen molar-refractivity contribution in [3.63, 3.8) is 0 Å². The van der Waals surface area contributed by atoms with Crippen molar-refractivity contribution in [2.24, 2.45) is 5.92 Å². The number of carbonyl (C=O) groups excluding carboxylic acids is 3. The number of halogens is 6. The number of carbonyl (C=O) groups is 3. The molecule has 3 amide bonds. The van der Waals surface area contributed by atoms with Gasteiger partial charge in [-0.25, -0.2) is 26.3 Å². The standard InChI is InChI=1S/C27H33F6N5O3/c1-14(2)38-20(9-12-34-38)24(39)36-21(16-7-10-27(32,33)11-8-16)25(40)35-19-6-5-17(13-18(19)28)15(3)26(41)37(4)23(31)22(29)30/h5-6,9,12-16,21-23H,7-8,10-11H2,1-4H3,(H,35,40)(H,36,39)/t15?,21-,23?/m0/s1. The maximum absolute atomic E-state index is 15.0. The predicted molar refractivity (Wildman–Crippen MR) is 138 cm³/mol. The minimum absolute atomic E-state index is 0.0418. The van der Waals surface area contributed by atoms with Crippen LogP contribution in [0, 0.1) is 11.7 Å². The van der Waals surface area contributed by atoms with E-state index in [0.29, 0.717) is 0 Å². The van der Waals surface area contributed by atoms with Crippen molar-refractivity contribution in [1.82, 2.24) is 20.0 Å². The van der Waals surface area contributed by atoms with Gasteiger partial charge < -0.3 is 15.5 Å². The fourth-order valence-corrected chi connectivity index (χ4v) is 4.77. The largest absolute Gasteiger partial charge is 0.339 e. The van der Waals surface area contributed by atoms with Gasteiger partial charge in [0.15, 0.2) is 0 Å². The molecule has 1 aromatic heterocycles. The molecule has 1 fully saturated rings. The summed E-state index contributed by atoms with van der Waals surface area (Å²) in [5.74, 6) is -8.22. The second kappa shape index (κ2) is 12.9.